The molecule has 4 N–H and O–H groups in total. The molecule has 21 heavy (non-hydrogen) atoms. The zero-order valence-electron chi connectivity index (χ0n) is 13.5. The molecule has 1 aliphatic heterocycles. The van der Waals surface area contributed by atoms with Gasteiger partial charge in [0.05, 0.1) is 6.61 Å². The van der Waals surface area contributed by atoms with Gasteiger partial charge in [-0.2, -0.15) is 0 Å². The van der Waals surface area contributed by atoms with Crippen LogP contribution < -0.4 is 16.5 Å². The van der Waals surface area contributed by atoms with Crippen LogP contribution in [0.1, 0.15) is 32.8 Å². The molecule has 0 fully saturated rings. The summed E-state index contributed by atoms with van der Waals surface area (Å²) in [5, 5.41) is 12.7. The summed E-state index contributed by atoms with van der Waals surface area (Å²) >= 11 is 0. The van der Waals surface area contributed by atoms with Crippen molar-refractivity contribution in [1.82, 2.24) is 0 Å². The van der Waals surface area contributed by atoms with Crippen molar-refractivity contribution in [2.45, 2.75) is 33.8 Å². The summed E-state index contributed by atoms with van der Waals surface area (Å²) in [5.74, 6) is 0. The van der Waals surface area contributed by atoms with Gasteiger partial charge in [0.1, 0.15) is 0 Å². The van der Waals surface area contributed by atoms with Crippen LogP contribution in [-0.2, 0) is 11.3 Å². The van der Waals surface area contributed by atoms with E-state index in [1.165, 1.54) is 13.5 Å². The summed E-state index contributed by atoms with van der Waals surface area (Å²) < 4.78 is 5.13. The standard InChI is InChI=1S/C12H14BNO2.C3H8.CH5N/c1-3-10(4-2)14-11-5-6-12-9(7-11)8-16-13(12)15;1-3-2;1-2/h3-7,14-15H,1,8H2,2H3;3H2,1-2H3;2H2,1H3/b10-4+;;. The number of anilines is 1. The lowest BCUT2D eigenvalue weighted by Crippen LogP contribution is -2.27. The molecule has 0 saturated heterocycles. The molecule has 0 spiro atoms. The summed E-state index contributed by atoms with van der Waals surface area (Å²) in [4.78, 5) is 0. The number of hydrogen-bond acceptors (Lipinski definition) is 4. The quantitative estimate of drug-likeness (QED) is 0.590. The number of rotatable bonds is 3. The van der Waals surface area contributed by atoms with Crippen molar-refractivity contribution in [2.24, 2.45) is 5.73 Å². The van der Waals surface area contributed by atoms with Crippen molar-refractivity contribution >= 4 is 18.3 Å². The Bertz CT molecular complexity index is 462. The average Bonchev–Trinajstić information content (AvgIpc) is 2.88. The average molecular weight is 290 g/mol. The van der Waals surface area contributed by atoms with E-state index in [0.29, 0.717) is 6.61 Å². The second-order valence-electron chi connectivity index (χ2n) is 4.36. The zero-order chi connectivity index (χ0) is 16.3. The van der Waals surface area contributed by atoms with Gasteiger partial charge >= 0.3 is 7.12 Å². The first-order chi connectivity index (χ1) is 10.2. The normalized spacial score (nSPS) is 12.5. The molecule has 0 aromatic heterocycles. The van der Waals surface area contributed by atoms with Gasteiger partial charge in [-0.25, -0.2) is 0 Å². The van der Waals surface area contributed by atoms with E-state index in [1.807, 2.05) is 31.2 Å². The van der Waals surface area contributed by atoms with Crippen molar-refractivity contribution in [3.63, 3.8) is 0 Å². The van der Waals surface area contributed by atoms with E-state index >= 15 is 0 Å². The summed E-state index contributed by atoms with van der Waals surface area (Å²) in [5.41, 5.74) is 8.31. The SMILES string of the molecule is C=C/C(=C\C)Nc1ccc2c(c1)COB2O.CCC.CN. The molecule has 5 heteroatoms. The van der Waals surface area contributed by atoms with Crippen molar-refractivity contribution in [1.29, 1.82) is 0 Å². The predicted octanol–water partition coefficient (Wildman–Crippen LogP) is 2.40. The molecule has 0 unspecified atom stereocenters. The molecule has 0 atom stereocenters. The van der Waals surface area contributed by atoms with E-state index in [2.05, 4.69) is 31.5 Å². The highest BCUT2D eigenvalue weighted by atomic mass is 16.5. The van der Waals surface area contributed by atoms with Gasteiger partial charge in [0.15, 0.2) is 0 Å². The number of hydrogen-bond donors (Lipinski definition) is 3. The highest BCUT2D eigenvalue weighted by Gasteiger charge is 2.26. The molecule has 1 aromatic carbocycles. The highest BCUT2D eigenvalue weighted by molar-refractivity contribution is 6.61. The van der Waals surface area contributed by atoms with Crippen LogP contribution in [0.3, 0.4) is 0 Å². The summed E-state index contributed by atoms with van der Waals surface area (Å²) in [6, 6.07) is 5.79. The third-order valence-corrected chi connectivity index (χ3v) is 2.63. The van der Waals surface area contributed by atoms with E-state index in [0.717, 1.165) is 22.4 Å². The molecule has 0 aliphatic carbocycles. The van der Waals surface area contributed by atoms with Crippen LogP contribution in [0.4, 0.5) is 5.69 Å². The summed E-state index contributed by atoms with van der Waals surface area (Å²) in [6.07, 6.45) is 4.96. The summed E-state index contributed by atoms with van der Waals surface area (Å²) in [6.45, 7) is 10.4. The maximum Gasteiger partial charge on any atom is 0.491 e. The maximum atomic E-state index is 9.48. The minimum atomic E-state index is -0.773. The third kappa shape index (κ3) is 6.16. The van der Waals surface area contributed by atoms with E-state index in [-0.39, 0.29) is 0 Å². The lowest BCUT2D eigenvalue weighted by molar-refractivity contribution is 0.275. The van der Waals surface area contributed by atoms with Crippen molar-refractivity contribution in [3.05, 3.63) is 48.2 Å². The van der Waals surface area contributed by atoms with Crippen LogP contribution in [0.5, 0.6) is 0 Å². The fraction of sp³-hybridized carbons (Fsp3) is 0.375. The first-order valence-corrected chi connectivity index (χ1v) is 7.22. The maximum absolute atomic E-state index is 9.48. The second kappa shape index (κ2) is 11.1. The first-order valence-electron chi connectivity index (χ1n) is 7.22. The van der Waals surface area contributed by atoms with Crippen LogP contribution in [0.25, 0.3) is 0 Å². The van der Waals surface area contributed by atoms with E-state index < -0.39 is 7.12 Å². The molecule has 1 heterocycles. The molecule has 0 bridgehead atoms. The van der Waals surface area contributed by atoms with Gasteiger partial charge in [-0.15, -0.1) is 0 Å². The van der Waals surface area contributed by atoms with Crippen molar-refractivity contribution in [3.8, 4) is 0 Å². The van der Waals surface area contributed by atoms with Crippen LogP contribution in [-0.4, -0.2) is 19.2 Å². The van der Waals surface area contributed by atoms with Crippen LogP contribution >= 0.6 is 0 Å². The van der Waals surface area contributed by atoms with Gasteiger partial charge in [0.25, 0.3) is 0 Å². The molecule has 0 amide bonds. The Kier molecular flexibility index (Phi) is 10.3. The molecule has 2 rings (SSSR count). The number of fused-ring (bicyclic) bond motifs is 1. The van der Waals surface area contributed by atoms with Crippen LogP contribution in [0.15, 0.2) is 42.6 Å². The van der Waals surface area contributed by atoms with Crippen molar-refractivity contribution in [2.75, 3.05) is 12.4 Å². The predicted molar refractivity (Wildman–Crippen MR) is 92.5 cm³/mol. The number of benzene rings is 1. The van der Waals surface area contributed by atoms with E-state index in [9.17, 15) is 5.02 Å². The smallest absolute Gasteiger partial charge is 0.423 e. The largest absolute Gasteiger partial charge is 0.491 e. The minimum Gasteiger partial charge on any atom is -0.423 e. The first kappa shape index (κ1) is 19.4. The molecular formula is C16H27BN2O2. The fourth-order valence-corrected chi connectivity index (χ4v) is 1.72. The molecule has 0 saturated carbocycles. The molecular weight excluding hydrogens is 263 g/mol. The number of nitrogens with one attached hydrogen (secondary N) is 1. The summed E-state index contributed by atoms with van der Waals surface area (Å²) in [7, 11) is 0.727. The Morgan fingerprint density at radius 3 is 2.62 bits per heavy atom. The fourth-order valence-electron chi connectivity index (χ4n) is 1.72. The van der Waals surface area contributed by atoms with Crippen molar-refractivity contribution < 1.29 is 9.68 Å². The van der Waals surface area contributed by atoms with Crippen LogP contribution in [0, 0.1) is 0 Å². The van der Waals surface area contributed by atoms with Gasteiger partial charge < -0.3 is 20.7 Å². The Labute approximate surface area is 128 Å². The van der Waals surface area contributed by atoms with Gasteiger partial charge in [-0.05, 0) is 43.2 Å². The van der Waals surface area contributed by atoms with E-state index in [1.54, 1.807) is 6.08 Å². The Morgan fingerprint density at radius 2 is 2.10 bits per heavy atom. The number of nitrogens with two attached hydrogens (primary N) is 1. The topological polar surface area (TPSA) is 67.5 Å². The van der Waals surface area contributed by atoms with Gasteiger partial charge in [-0.1, -0.05) is 39.0 Å². The second-order valence-corrected chi connectivity index (χ2v) is 4.36. The van der Waals surface area contributed by atoms with Gasteiger partial charge in [-0.3, -0.25) is 0 Å². The van der Waals surface area contributed by atoms with Gasteiger partial charge in [0.2, 0.25) is 0 Å². The third-order valence-electron chi connectivity index (χ3n) is 2.63. The molecule has 4 nitrogen and oxygen atoms in total. The minimum absolute atomic E-state index is 0.464. The number of allylic oxidation sites excluding steroid dienone is 2. The Morgan fingerprint density at radius 1 is 1.48 bits per heavy atom. The lowest BCUT2D eigenvalue weighted by atomic mass is 9.79. The lowest BCUT2D eigenvalue weighted by Gasteiger charge is -2.08. The molecule has 0 radical (unpaired) electrons. The molecule has 1 aliphatic rings. The Hall–Kier alpha value is -1.56. The monoisotopic (exact) mass is 290 g/mol. The zero-order valence-corrected chi connectivity index (χ0v) is 13.5. The molecule has 1 aromatic rings. The van der Waals surface area contributed by atoms with Crippen LogP contribution in [0.2, 0.25) is 0 Å². The van der Waals surface area contributed by atoms with Gasteiger partial charge in [0, 0.05) is 11.4 Å². The molecule has 116 valence electrons. The highest BCUT2D eigenvalue weighted by Crippen LogP contribution is 2.16. The van der Waals surface area contributed by atoms with E-state index in [4.69, 9.17) is 4.65 Å². The Balaban J connectivity index is 0.000000713.